The Bertz CT molecular complexity index is 946. The molecule has 1 amide bonds. The molecule has 0 fully saturated rings. The maximum atomic E-state index is 14.8. The van der Waals surface area contributed by atoms with Crippen molar-refractivity contribution < 1.29 is 14.3 Å². The molecule has 0 bridgehead atoms. The fraction of sp³-hybridized carbons (Fsp3) is 0.375. The van der Waals surface area contributed by atoms with Crippen molar-refractivity contribution >= 4 is 17.4 Å². The summed E-state index contributed by atoms with van der Waals surface area (Å²) in [5, 5.41) is 16.6. The van der Waals surface area contributed by atoms with E-state index in [0.29, 0.717) is 11.1 Å². The second kappa shape index (κ2) is 9.12. The van der Waals surface area contributed by atoms with E-state index in [0.717, 1.165) is 22.4 Å². The molecule has 2 aromatic rings. The Hall–Kier alpha value is -2.82. The molecule has 0 unspecified atom stereocenters. The Kier molecular flexibility index (Phi) is 7.07. The van der Waals surface area contributed by atoms with Crippen molar-refractivity contribution in [3.05, 3.63) is 58.4 Å². The molecular weight excluding hydrogens is 367 g/mol. The minimum absolute atomic E-state index is 0.0217. The van der Waals surface area contributed by atoms with Crippen LogP contribution in [0.2, 0.25) is 0 Å². The molecule has 0 aromatic heterocycles. The van der Waals surface area contributed by atoms with Crippen molar-refractivity contribution in [3.63, 3.8) is 0 Å². The molecule has 0 aliphatic carbocycles. The number of nitrogens with one attached hydrogen (secondary N) is 2. The number of aryl methyl sites for hydroxylation is 2. The molecule has 4 nitrogen and oxygen atoms in total. The summed E-state index contributed by atoms with van der Waals surface area (Å²) < 4.78 is 14.8. The number of rotatable bonds is 6. The van der Waals surface area contributed by atoms with Gasteiger partial charge in [-0.25, -0.2) is 4.39 Å². The normalized spacial score (nSPS) is 12.2. The largest absolute Gasteiger partial charge is 0.507 e. The molecule has 5 heteroatoms. The molecule has 2 aromatic carbocycles. The van der Waals surface area contributed by atoms with Gasteiger partial charge in [0.2, 0.25) is 0 Å². The fourth-order valence-corrected chi connectivity index (χ4v) is 3.20. The van der Waals surface area contributed by atoms with Crippen LogP contribution in [-0.2, 0) is 4.79 Å². The van der Waals surface area contributed by atoms with E-state index in [1.807, 2.05) is 53.7 Å². The highest BCUT2D eigenvalue weighted by molar-refractivity contribution is 5.99. The number of amides is 1. The molecule has 0 heterocycles. The summed E-state index contributed by atoms with van der Waals surface area (Å²) >= 11 is 0. The Morgan fingerprint density at radius 3 is 2.17 bits per heavy atom. The van der Waals surface area contributed by atoms with E-state index in [1.165, 1.54) is 6.07 Å². The molecule has 0 saturated carbocycles. The van der Waals surface area contributed by atoms with Gasteiger partial charge in [-0.05, 0) is 89.4 Å². The summed E-state index contributed by atoms with van der Waals surface area (Å²) in [5.74, 6) is -0.677. The molecule has 29 heavy (non-hydrogen) atoms. The molecule has 0 atom stereocenters. The monoisotopic (exact) mass is 398 g/mol. The van der Waals surface area contributed by atoms with Gasteiger partial charge < -0.3 is 15.7 Å². The molecule has 0 saturated heterocycles. The van der Waals surface area contributed by atoms with Crippen LogP contribution in [0.15, 0.2) is 35.9 Å². The quantitative estimate of drug-likeness (QED) is 0.429. The maximum absolute atomic E-state index is 14.8. The second-order valence-electron chi connectivity index (χ2n) is 8.08. The summed E-state index contributed by atoms with van der Waals surface area (Å²) in [6.45, 7) is 13.0. The van der Waals surface area contributed by atoms with Crippen LogP contribution in [0.4, 0.5) is 10.1 Å². The molecule has 0 aliphatic heterocycles. The Labute approximate surface area is 172 Å². The minimum Gasteiger partial charge on any atom is -0.507 e. The lowest BCUT2D eigenvalue weighted by Crippen LogP contribution is -2.31. The lowest BCUT2D eigenvalue weighted by Gasteiger charge is -2.16. The molecule has 0 radical (unpaired) electrons. The number of halogens is 1. The fourth-order valence-electron chi connectivity index (χ4n) is 3.20. The molecule has 0 aliphatic rings. The van der Waals surface area contributed by atoms with Crippen LogP contribution in [0.3, 0.4) is 0 Å². The van der Waals surface area contributed by atoms with Gasteiger partial charge in [0.15, 0.2) is 0 Å². The molecular formula is C24H31FN2O2. The SMILES string of the molecule is C/C(C(=O)NC(C)C)=C(/O)c1cc(C)c(-c2ccc(NC(C)C)cc2F)cc1C. The zero-order valence-corrected chi connectivity index (χ0v) is 18.3. The van der Waals surface area contributed by atoms with E-state index in [9.17, 15) is 14.3 Å². The van der Waals surface area contributed by atoms with E-state index in [4.69, 9.17) is 0 Å². The van der Waals surface area contributed by atoms with Crippen LogP contribution in [0.25, 0.3) is 16.9 Å². The van der Waals surface area contributed by atoms with Gasteiger partial charge in [0.25, 0.3) is 5.91 Å². The Balaban J connectivity index is 2.45. The minimum atomic E-state index is -0.307. The van der Waals surface area contributed by atoms with E-state index in [1.54, 1.807) is 19.1 Å². The predicted molar refractivity (Wildman–Crippen MR) is 119 cm³/mol. The van der Waals surface area contributed by atoms with Gasteiger partial charge >= 0.3 is 0 Å². The number of hydrogen-bond acceptors (Lipinski definition) is 3. The Morgan fingerprint density at radius 2 is 1.62 bits per heavy atom. The highest BCUT2D eigenvalue weighted by Gasteiger charge is 2.17. The van der Waals surface area contributed by atoms with Crippen LogP contribution in [0.5, 0.6) is 0 Å². The Morgan fingerprint density at radius 1 is 0.966 bits per heavy atom. The van der Waals surface area contributed by atoms with Gasteiger partial charge in [-0.2, -0.15) is 0 Å². The number of carbonyl (C=O) groups is 1. The highest BCUT2D eigenvalue weighted by atomic mass is 19.1. The first-order valence-corrected chi connectivity index (χ1v) is 9.90. The smallest absolute Gasteiger partial charge is 0.250 e. The summed E-state index contributed by atoms with van der Waals surface area (Å²) in [7, 11) is 0. The van der Waals surface area contributed by atoms with E-state index in [-0.39, 0.29) is 35.1 Å². The lowest BCUT2D eigenvalue weighted by molar-refractivity contribution is -0.117. The first-order valence-electron chi connectivity index (χ1n) is 9.90. The predicted octanol–water partition coefficient (Wildman–Crippen LogP) is 5.74. The third kappa shape index (κ3) is 5.37. The first kappa shape index (κ1) is 22.5. The van der Waals surface area contributed by atoms with Crippen molar-refractivity contribution in [2.75, 3.05) is 5.32 Å². The van der Waals surface area contributed by atoms with Crippen LogP contribution < -0.4 is 10.6 Å². The second-order valence-corrected chi connectivity index (χ2v) is 8.08. The summed E-state index contributed by atoms with van der Waals surface area (Å²) in [4.78, 5) is 12.2. The summed E-state index contributed by atoms with van der Waals surface area (Å²) in [5.41, 5.74) is 4.41. The number of hydrogen-bond donors (Lipinski definition) is 3. The van der Waals surface area contributed by atoms with Crippen molar-refractivity contribution in [2.24, 2.45) is 0 Å². The first-order chi connectivity index (χ1) is 13.5. The van der Waals surface area contributed by atoms with Gasteiger partial charge in [0.1, 0.15) is 11.6 Å². The van der Waals surface area contributed by atoms with Gasteiger partial charge in [-0.3, -0.25) is 4.79 Å². The number of aliphatic hydroxyl groups excluding tert-OH is 1. The van der Waals surface area contributed by atoms with Crippen LogP contribution in [-0.4, -0.2) is 23.1 Å². The number of carbonyl (C=O) groups excluding carboxylic acids is 1. The molecule has 3 N–H and O–H groups in total. The summed E-state index contributed by atoms with van der Waals surface area (Å²) in [6, 6.07) is 8.96. The number of aliphatic hydroxyl groups is 1. The maximum Gasteiger partial charge on any atom is 0.250 e. The van der Waals surface area contributed by atoms with Crippen molar-refractivity contribution in [1.82, 2.24) is 5.32 Å². The van der Waals surface area contributed by atoms with Crippen molar-refractivity contribution in [2.45, 2.75) is 60.5 Å². The van der Waals surface area contributed by atoms with Gasteiger partial charge in [-0.15, -0.1) is 0 Å². The number of anilines is 1. The standard InChI is InChI=1S/C24H31FN2O2/c1-13(2)26-18-8-9-19(22(25)12-18)20-10-16(6)21(11-15(20)5)23(28)17(7)24(29)27-14(3)4/h8-14,26,28H,1-7H3,(H,27,29)/b23-17-. The third-order valence-corrected chi connectivity index (χ3v) is 4.66. The molecule has 156 valence electrons. The van der Waals surface area contributed by atoms with E-state index >= 15 is 0 Å². The molecule has 0 spiro atoms. The lowest BCUT2D eigenvalue weighted by atomic mass is 9.93. The number of benzene rings is 2. The summed E-state index contributed by atoms with van der Waals surface area (Å²) in [6.07, 6.45) is 0. The topological polar surface area (TPSA) is 61.4 Å². The molecule has 2 rings (SSSR count). The van der Waals surface area contributed by atoms with Gasteiger partial charge in [0.05, 0.1) is 5.57 Å². The van der Waals surface area contributed by atoms with Crippen LogP contribution in [0, 0.1) is 19.7 Å². The van der Waals surface area contributed by atoms with Crippen LogP contribution >= 0.6 is 0 Å². The van der Waals surface area contributed by atoms with Gasteiger partial charge in [0, 0.05) is 28.9 Å². The van der Waals surface area contributed by atoms with Crippen LogP contribution in [0.1, 0.15) is 51.3 Å². The average Bonchev–Trinajstić information content (AvgIpc) is 2.61. The third-order valence-electron chi connectivity index (χ3n) is 4.66. The van der Waals surface area contributed by atoms with Gasteiger partial charge in [-0.1, -0.05) is 6.07 Å². The van der Waals surface area contributed by atoms with E-state index in [2.05, 4.69) is 10.6 Å². The average molecular weight is 399 g/mol. The van der Waals surface area contributed by atoms with Crippen molar-refractivity contribution in [3.8, 4) is 11.1 Å². The van der Waals surface area contributed by atoms with E-state index < -0.39 is 0 Å². The zero-order chi connectivity index (χ0) is 21.9. The van der Waals surface area contributed by atoms with Crippen molar-refractivity contribution in [1.29, 1.82) is 0 Å². The highest BCUT2D eigenvalue weighted by Crippen LogP contribution is 2.32. The zero-order valence-electron chi connectivity index (χ0n) is 18.3.